The lowest BCUT2D eigenvalue weighted by molar-refractivity contribution is 0.152. The highest BCUT2D eigenvalue weighted by molar-refractivity contribution is 7.13. The molecule has 1 aliphatic heterocycles. The summed E-state index contributed by atoms with van der Waals surface area (Å²) in [6.45, 7) is 4.05. The Hall–Kier alpha value is -1.30. The van der Waals surface area contributed by atoms with E-state index in [4.69, 9.17) is 4.74 Å². The number of nitrogens with zero attached hydrogens (tertiary/aromatic N) is 3. The number of ether oxygens (including phenoxy) is 1. The van der Waals surface area contributed by atoms with Crippen LogP contribution in [0.3, 0.4) is 0 Å². The van der Waals surface area contributed by atoms with E-state index in [0.717, 1.165) is 36.9 Å². The van der Waals surface area contributed by atoms with E-state index in [1.807, 2.05) is 23.8 Å². The van der Waals surface area contributed by atoms with Crippen LogP contribution in [0, 0.1) is 5.92 Å². The maximum absolute atomic E-state index is 5.23. The fourth-order valence-electron chi connectivity index (χ4n) is 2.66. The van der Waals surface area contributed by atoms with Crippen molar-refractivity contribution in [2.75, 3.05) is 26.8 Å². The van der Waals surface area contributed by atoms with Gasteiger partial charge in [0.25, 0.3) is 0 Å². The molecule has 106 valence electrons. The van der Waals surface area contributed by atoms with Gasteiger partial charge < -0.3 is 4.74 Å². The second-order valence-electron chi connectivity index (χ2n) is 5.24. The van der Waals surface area contributed by atoms with Gasteiger partial charge in [-0.2, -0.15) is 0 Å². The second kappa shape index (κ2) is 6.43. The molecule has 0 spiro atoms. The zero-order valence-corrected chi connectivity index (χ0v) is 12.5. The third kappa shape index (κ3) is 3.23. The van der Waals surface area contributed by atoms with Crippen LogP contribution in [0.4, 0.5) is 0 Å². The van der Waals surface area contributed by atoms with Gasteiger partial charge >= 0.3 is 0 Å². The Morgan fingerprint density at radius 3 is 2.95 bits per heavy atom. The highest BCUT2D eigenvalue weighted by Crippen LogP contribution is 2.21. The van der Waals surface area contributed by atoms with Crippen LogP contribution in [0.1, 0.15) is 12.0 Å². The number of hydrogen-bond donors (Lipinski definition) is 0. The van der Waals surface area contributed by atoms with Crippen molar-refractivity contribution in [2.45, 2.75) is 13.0 Å². The minimum Gasteiger partial charge on any atom is -0.384 e. The Kier molecular flexibility index (Phi) is 4.40. The number of likely N-dealkylation sites (tertiary alicyclic amines) is 1. The zero-order chi connectivity index (χ0) is 13.8. The first-order valence-electron chi connectivity index (χ1n) is 6.91. The summed E-state index contributed by atoms with van der Waals surface area (Å²) < 4.78 is 5.23. The fraction of sp³-hybridized carbons (Fsp3) is 0.467. The molecule has 1 fully saturated rings. The van der Waals surface area contributed by atoms with Crippen molar-refractivity contribution < 1.29 is 4.74 Å². The summed E-state index contributed by atoms with van der Waals surface area (Å²) in [5.74, 6) is 1.49. The van der Waals surface area contributed by atoms with E-state index in [2.05, 4.69) is 20.9 Å². The summed E-state index contributed by atoms with van der Waals surface area (Å²) in [6.07, 6.45) is 5.12. The van der Waals surface area contributed by atoms with E-state index in [1.165, 1.54) is 12.0 Å². The van der Waals surface area contributed by atoms with Gasteiger partial charge in [-0.05, 0) is 30.3 Å². The van der Waals surface area contributed by atoms with E-state index < -0.39 is 0 Å². The molecule has 1 atom stereocenters. The molecular formula is C15H19N3OS. The van der Waals surface area contributed by atoms with Gasteiger partial charge in [-0.25, -0.2) is 9.97 Å². The number of methoxy groups -OCH3 is 1. The first-order valence-corrected chi connectivity index (χ1v) is 7.79. The monoisotopic (exact) mass is 289 g/mol. The molecule has 2 aromatic heterocycles. The molecule has 0 radical (unpaired) electrons. The third-order valence-electron chi connectivity index (χ3n) is 3.63. The zero-order valence-electron chi connectivity index (χ0n) is 11.7. The smallest absolute Gasteiger partial charge is 0.169 e. The van der Waals surface area contributed by atoms with E-state index in [-0.39, 0.29) is 0 Å². The summed E-state index contributed by atoms with van der Waals surface area (Å²) in [7, 11) is 1.78. The van der Waals surface area contributed by atoms with Crippen molar-refractivity contribution in [2.24, 2.45) is 5.92 Å². The Labute approximate surface area is 123 Å². The largest absolute Gasteiger partial charge is 0.384 e. The summed E-state index contributed by atoms with van der Waals surface area (Å²) >= 11 is 1.67. The normalized spacial score (nSPS) is 19.6. The molecule has 1 aliphatic rings. The molecule has 20 heavy (non-hydrogen) atoms. The molecule has 3 rings (SSSR count). The first kappa shape index (κ1) is 13.7. The number of rotatable bonds is 5. The molecule has 0 unspecified atom stereocenters. The highest BCUT2D eigenvalue weighted by Gasteiger charge is 2.22. The molecule has 3 heterocycles. The highest BCUT2D eigenvalue weighted by atomic mass is 32.1. The number of thiophene rings is 1. The van der Waals surface area contributed by atoms with Crippen LogP contribution in [-0.2, 0) is 11.3 Å². The first-order chi connectivity index (χ1) is 9.85. The van der Waals surface area contributed by atoms with Crippen LogP contribution in [0.15, 0.2) is 29.9 Å². The van der Waals surface area contributed by atoms with Crippen molar-refractivity contribution >= 4 is 11.3 Å². The van der Waals surface area contributed by atoms with Gasteiger partial charge in [0.1, 0.15) is 0 Å². The Morgan fingerprint density at radius 1 is 1.40 bits per heavy atom. The van der Waals surface area contributed by atoms with Gasteiger partial charge in [0.15, 0.2) is 5.82 Å². The van der Waals surface area contributed by atoms with E-state index in [9.17, 15) is 0 Å². The fourth-order valence-corrected chi connectivity index (χ4v) is 3.33. The van der Waals surface area contributed by atoms with Crippen LogP contribution < -0.4 is 0 Å². The average molecular weight is 289 g/mol. The molecule has 4 nitrogen and oxygen atoms in total. The predicted molar refractivity (Wildman–Crippen MR) is 80.6 cm³/mol. The summed E-state index contributed by atoms with van der Waals surface area (Å²) in [5, 5.41) is 2.05. The van der Waals surface area contributed by atoms with Crippen molar-refractivity contribution in [3.8, 4) is 10.7 Å². The molecule has 0 saturated carbocycles. The summed E-state index contributed by atoms with van der Waals surface area (Å²) in [4.78, 5) is 12.5. The van der Waals surface area contributed by atoms with Gasteiger partial charge in [0, 0.05) is 38.2 Å². The molecule has 0 aliphatic carbocycles. The van der Waals surface area contributed by atoms with Crippen molar-refractivity contribution in [1.29, 1.82) is 0 Å². The Bertz CT molecular complexity index is 527. The minimum atomic E-state index is 0.673. The molecule has 5 heteroatoms. The number of hydrogen-bond acceptors (Lipinski definition) is 5. The molecule has 0 bridgehead atoms. The molecule has 1 saturated heterocycles. The third-order valence-corrected chi connectivity index (χ3v) is 4.49. The summed E-state index contributed by atoms with van der Waals surface area (Å²) in [6, 6.07) is 4.08. The van der Waals surface area contributed by atoms with Crippen molar-refractivity contribution in [1.82, 2.24) is 14.9 Å². The molecule has 0 amide bonds. The van der Waals surface area contributed by atoms with Crippen LogP contribution >= 0.6 is 11.3 Å². The topological polar surface area (TPSA) is 38.2 Å². The van der Waals surface area contributed by atoms with Crippen LogP contribution in [-0.4, -0.2) is 41.7 Å². The Morgan fingerprint density at radius 2 is 2.25 bits per heavy atom. The van der Waals surface area contributed by atoms with Crippen LogP contribution in [0.25, 0.3) is 10.7 Å². The molecular weight excluding hydrogens is 270 g/mol. The number of aromatic nitrogens is 2. The Balaban J connectivity index is 1.59. The van der Waals surface area contributed by atoms with E-state index >= 15 is 0 Å². The van der Waals surface area contributed by atoms with Gasteiger partial charge in [-0.1, -0.05) is 6.07 Å². The van der Waals surface area contributed by atoms with Crippen molar-refractivity contribution in [3.05, 3.63) is 35.5 Å². The minimum absolute atomic E-state index is 0.673. The van der Waals surface area contributed by atoms with Gasteiger partial charge in [0.2, 0.25) is 0 Å². The molecule has 0 aromatic carbocycles. The van der Waals surface area contributed by atoms with Gasteiger partial charge in [-0.3, -0.25) is 4.90 Å². The maximum Gasteiger partial charge on any atom is 0.169 e. The van der Waals surface area contributed by atoms with Crippen LogP contribution in [0.5, 0.6) is 0 Å². The van der Waals surface area contributed by atoms with E-state index in [0.29, 0.717) is 5.92 Å². The van der Waals surface area contributed by atoms with Crippen LogP contribution in [0.2, 0.25) is 0 Å². The van der Waals surface area contributed by atoms with Gasteiger partial charge in [0.05, 0.1) is 11.5 Å². The quantitative estimate of drug-likeness (QED) is 0.848. The van der Waals surface area contributed by atoms with E-state index in [1.54, 1.807) is 18.4 Å². The van der Waals surface area contributed by atoms with Gasteiger partial charge in [-0.15, -0.1) is 11.3 Å². The maximum atomic E-state index is 5.23. The lowest BCUT2D eigenvalue weighted by Gasteiger charge is -2.15. The molecule has 0 N–H and O–H groups in total. The SMILES string of the molecule is COC[C@@H]1CCN(Cc2cnc(-c3cccs3)nc2)C1. The summed E-state index contributed by atoms with van der Waals surface area (Å²) in [5.41, 5.74) is 1.18. The van der Waals surface area contributed by atoms with Crippen molar-refractivity contribution in [3.63, 3.8) is 0 Å². The second-order valence-corrected chi connectivity index (χ2v) is 6.19. The lowest BCUT2D eigenvalue weighted by atomic mass is 10.1. The molecule has 2 aromatic rings. The predicted octanol–water partition coefficient (Wildman–Crippen LogP) is 2.67. The average Bonchev–Trinajstić information content (AvgIpc) is 3.12. The standard InChI is InChI=1S/C15H19N3OS/c1-19-11-12-4-5-18(9-12)10-13-7-16-15(17-8-13)14-3-2-6-20-14/h2-3,6-8,12H,4-5,9-11H2,1H3/t12-/m1/s1. The lowest BCUT2D eigenvalue weighted by Crippen LogP contribution is -2.21.